The molecule has 7 nitrogen and oxygen atoms in total. The Morgan fingerprint density at radius 1 is 1.65 bits per heavy atom. The Bertz CT molecular complexity index is 454. The average Bonchev–Trinajstić information content (AvgIpc) is 2.80. The van der Waals surface area contributed by atoms with Gasteiger partial charge in [0.2, 0.25) is 17.6 Å². The summed E-state index contributed by atoms with van der Waals surface area (Å²) in [6, 6.07) is 0.747. The molecule has 1 aromatic heterocycles. The Kier molecular flexibility index (Phi) is 2.90. The number of imide groups is 1. The van der Waals surface area contributed by atoms with Crippen molar-refractivity contribution < 1.29 is 18.9 Å². The molecule has 1 saturated heterocycles. The summed E-state index contributed by atoms with van der Waals surface area (Å²) in [5, 5.41) is 5.61. The molecule has 0 aromatic carbocycles. The van der Waals surface area contributed by atoms with Crippen LogP contribution in [0.2, 0.25) is 0 Å². The number of carbonyl (C=O) groups excluding carboxylic acids is 3. The quantitative estimate of drug-likeness (QED) is 0.703. The van der Waals surface area contributed by atoms with E-state index in [4.69, 9.17) is 4.52 Å². The van der Waals surface area contributed by atoms with Gasteiger partial charge in [0, 0.05) is 6.07 Å². The van der Waals surface area contributed by atoms with Crippen LogP contribution in [-0.4, -0.2) is 40.4 Å². The number of hydrogen-bond acceptors (Lipinski definition) is 5. The molecule has 7 heteroatoms. The van der Waals surface area contributed by atoms with E-state index in [9.17, 15) is 14.4 Å². The number of nitrogens with one attached hydrogen (secondary N) is 1. The standard InChI is InChI=1S/C10H11N3O4/c1-2-6-9(15)12-8(14)5-13(6)10(16)7-3-4-11-17-7/h3-4,6H,2,5H2,1H3,(H,12,14,15). The van der Waals surface area contributed by atoms with Crippen LogP contribution in [0.25, 0.3) is 0 Å². The molecule has 0 radical (unpaired) electrons. The van der Waals surface area contributed by atoms with Crippen molar-refractivity contribution in [2.75, 3.05) is 6.54 Å². The second-order valence-electron chi connectivity index (χ2n) is 3.65. The zero-order chi connectivity index (χ0) is 12.4. The zero-order valence-corrected chi connectivity index (χ0v) is 9.17. The van der Waals surface area contributed by atoms with Crippen molar-refractivity contribution >= 4 is 17.7 Å². The van der Waals surface area contributed by atoms with Crippen molar-refractivity contribution in [2.24, 2.45) is 0 Å². The van der Waals surface area contributed by atoms with E-state index in [1.54, 1.807) is 6.92 Å². The first-order chi connectivity index (χ1) is 8.13. The number of hydrogen-bond donors (Lipinski definition) is 1. The molecule has 0 aliphatic carbocycles. The van der Waals surface area contributed by atoms with Crippen molar-refractivity contribution in [1.82, 2.24) is 15.4 Å². The fourth-order valence-electron chi connectivity index (χ4n) is 1.75. The number of aromatic nitrogens is 1. The lowest BCUT2D eigenvalue weighted by Gasteiger charge is -2.32. The Morgan fingerprint density at radius 2 is 2.41 bits per heavy atom. The molecule has 0 spiro atoms. The summed E-state index contributed by atoms with van der Waals surface area (Å²) in [6.07, 6.45) is 1.76. The van der Waals surface area contributed by atoms with E-state index in [2.05, 4.69) is 10.5 Å². The number of carbonyl (C=O) groups is 3. The van der Waals surface area contributed by atoms with Gasteiger partial charge in [0.05, 0.1) is 6.20 Å². The van der Waals surface area contributed by atoms with Gasteiger partial charge in [-0.1, -0.05) is 12.1 Å². The highest BCUT2D eigenvalue weighted by atomic mass is 16.5. The van der Waals surface area contributed by atoms with Crippen LogP contribution in [0.1, 0.15) is 23.9 Å². The van der Waals surface area contributed by atoms with Crippen LogP contribution in [0.4, 0.5) is 0 Å². The molecule has 0 bridgehead atoms. The van der Waals surface area contributed by atoms with Crippen LogP contribution >= 0.6 is 0 Å². The molecule has 0 saturated carbocycles. The van der Waals surface area contributed by atoms with Crippen LogP contribution in [0.15, 0.2) is 16.8 Å². The zero-order valence-electron chi connectivity index (χ0n) is 9.17. The predicted molar refractivity (Wildman–Crippen MR) is 54.8 cm³/mol. The molecule has 1 N–H and O–H groups in total. The largest absolute Gasteiger partial charge is 0.351 e. The Morgan fingerprint density at radius 3 is 3.00 bits per heavy atom. The Balaban J connectivity index is 2.25. The number of nitrogens with zero attached hydrogens (tertiary/aromatic N) is 2. The van der Waals surface area contributed by atoms with E-state index in [0.29, 0.717) is 6.42 Å². The van der Waals surface area contributed by atoms with E-state index in [1.165, 1.54) is 17.2 Å². The second-order valence-corrected chi connectivity index (χ2v) is 3.65. The highest BCUT2D eigenvalue weighted by Gasteiger charge is 2.36. The molecule has 3 amide bonds. The molecule has 2 rings (SSSR count). The first-order valence-corrected chi connectivity index (χ1v) is 5.18. The fourth-order valence-corrected chi connectivity index (χ4v) is 1.75. The van der Waals surface area contributed by atoms with Crippen LogP contribution < -0.4 is 5.32 Å². The van der Waals surface area contributed by atoms with Gasteiger partial charge in [0.1, 0.15) is 12.6 Å². The van der Waals surface area contributed by atoms with Gasteiger partial charge in [-0.3, -0.25) is 19.7 Å². The van der Waals surface area contributed by atoms with Gasteiger partial charge in [0.15, 0.2) is 0 Å². The highest BCUT2D eigenvalue weighted by molar-refractivity contribution is 6.06. The second kappa shape index (κ2) is 4.36. The minimum Gasteiger partial charge on any atom is -0.351 e. The lowest BCUT2D eigenvalue weighted by atomic mass is 10.1. The molecule has 1 atom stereocenters. The third-order valence-electron chi connectivity index (χ3n) is 2.55. The maximum Gasteiger partial charge on any atom is 0.293 e. The van der Waals surface area contributed by atoms with Gasteiger partial charge < -0.3 is 9.42 Å². The fraction of sp³-hybridized carbons (Fsp3) is 0.400. The summed E-state index contributed by atoms with van der Waals surface area (Å²) in [5.41, 5.74) is 0. The number of amides is 3. The van der Waals surface area contributed by atoms with Gasteiger partial charge >= 0.3 is 0 Å². The van der Waals surface area contributed by atoms with Gasteiger partial charge in [-0.2, -0.15) is 0 Å². The van der Waals surface area contributed by atoms with E-state index in [1.807, 2.05) is 0 Å². The van der Waals surface area contributed by atoms with Crippen LogP contribution in [-0.2, 0) is 9.59 Å². The molecule has 2 heterocycles. The molecule has 1 unspecified atom stereocenters. The van der Waals surface area contributed by atoms with Crippen LogP contribution in [0.5, 0.6) is 0 Å². The lowest BCUT2D eigenvalue weighted by Crippen LogP contribution is -2.59. The molecule has 1 aliphatic rings. The monoisotopic (exact) mass is 237 g/mol. The number of rotatable bonds is 2. The van der Waals surface area contributed by atoms with E-state index in [-0.39, 0.29) is 12.3 Å². The Labute approximate surface area is 96.7 Å². The highest BCUT2D eigenvalue weighted by Crippen LogP contribution is 2.13. The third kappa shape index (κ3) is 2.03. The van der Waals surface area contributed by atoms with Crippen LogP contribution in [0.3, 0.4) is 0 Å². The van der Waals surface area contributed by atoms with Crippen molar-refractivity contribution in [3.05, 3.63) is 18.0 Å². The third-order valence-corrected chi connectivity index (χ3v) is 2.55. The predicted octanol–water partition coefficient (Wildman–Crippen LogP) is -0.448. The van der Waals surface area contributed by atoms with E-state index < -0.39 is 23.8 Å². The summed E-state index contributed by atoms with van der Waals surface area (Å²) in [7, 11) is 0. The minimum absolute atomic E-state index is 0.0194. The van der Waals surface area contributed by atoms with Crippen molar-refractivity contribution in [2.45, 2.75) is 19.4 Å². The normalized spacial score (nSPS) is 20.3. The molecule has 17 heavy (non-hydrogen) atoms. The van der Waals surface area contributed by atoms with E-state index in [0.717, 1.165) is 0 Å². The first-order valence-electron chi connectivity index (χ1n) is 5.18. The van der Waals surface area contributed by atoms with Crippen molar-refractivity contribution in [3.8, 4) is 0 Å². The summed E-state index contributed by atoms with van der Waals surface area (Å²) in [4.78, 5) is 36.0. The summed E-state index contributed by atoms with van der Waals surface area (Å²) >= 11 is 0. The maximum atomic E-state index is 12.0. The molecular formula is C10H11N3O4. The van der Waals surface area contributed by atoms with Gasteiger partial charge in [-0.15, -0.1) is 0 Å². The van der Waals surface area contributed by atoms with Crippen LogP contribution in [0, 0.1) is 0 Å². The van der Waals surface area contributed by atoms with Gasteiger partial charge in [0.25, 0.3) is 5.91 Å². The average molecular weight is 237 g/mol. The molecule has 1 aromatic rings. The Hall–Kier alpha value is -2.18. The minimum atomic E-state index is -0.648. The first kappa shape index (κ1) is 11.3. The topological polar surface area (TPSA) is 92.5 Å². The molecule has 1 aliphatic heterocycles. The number of piperazine rings is 1. The molecule has 90 valence electrons. The lowest BCUT2D eigenvalue weighted by molar-refractivity contribution is -0.138. The summed E-state index contributed by atoms with van der Waals surface area (Å²) in [6.45, 7) is 1.62. The van der Waals surface area contributed by atoms with Gasteiger partial charge in [-0.25, -0.2) is 0 Å². The van der Waals surface area contributed by atoms with E-state index >= 15 is 0 Å². The maximum absolute atomic E-state index is 12.0. The summed E-state index contributed by atoms with van der Waals surface area (Å²) < 4.78 is 4.73. The smallest absolute Gasteiger partial charge is 0.293 e. The molecular weight excluding hydrogens is 226 g/mol. The summed E-state index contributed by atoms with van der Waals surface area (Å²) in [5.74, 6) is -1.44. The van der Waals surface area contributed by atoms with Crippen molar-refractivity contribution in [1.29, 1.82) is 0 Å². The SMILES string of the molecule is CCC1C(=O)NC(=O)CN1C(=O)c1ccno1. The molecule has 1 fully saturated rings. The van der Waals surface area contributed by atoms with Crippen molar-refractivity contribution in [3.63, 3.8) is 0 Å². The van der Waals surface area contributed by atoms with Gasteiger partial charge in [-0.05, 0) is 6.42 Å².